The first-order valence-corrected chi connectivity index (χ1v) is 9.69. The summed E-state index contributed by atoms with van der Waals surface area (Å²) in [4.78, 5) is 22.9. The maximum absolute atomic E-state index is 12.0. The van der Waals surface area contributed by atoms with Crippen molar-refractivity contribution >= 4 is 20.5 Å². The van der Waals surface area contributed by atoms with E-state index in [0.717, 1.165) is 6.42 Å². The number of Topliss-reactive ketones (excluding diaryl/α,β-unsaturated/α-hetero) is 1. The summed E-state index contributed by atoms with van der Waals surface area (Å²) < 4.78 is 16.7. The third-order valence-corrected chi connectivity index (χ3v) is 7.19. The van der Waals surface area contributed by atoms with Gasteiger partial charge in [-0.25, -0.2) is 0 Å². The lowest BCUT2D eigenvalue weighted by molar-refractivity contribution is -0.122. The van der Waals surface area contributed by atoms with Gasteiger partial charge in [0.2, 0.25) is 5.91 Å². The molecular weight excluding hydrogens is 316 g/mol. The van der Waals surface area contributed by atoms with Crippen LogP contribution in [0.15, 0.2) is 0 Å². The predicted molar refractivity (Wildman–Crippen MR) is 91.0 cm³/mol. The number of amides is 1. The van der Waals surface area contributed by atoms with Crippen molar-refractivity contribution in [3.63, 3.8) is 0 Å². The van der Waals surface area contributed by atoms with Crippen molar-refractivity contribution in [2.75, 3.05) is 34.4 Å². The van der Waals surface area contributed by atoms with E-state index in [1.807, 2.05) is 13.8 Å². The molecule has 7 nitrogen and oxygen atoms in total. The summed E-state index contributed by atoms with van der Waals surface area (Å²) in [6, 6.07) is 0. The molecule has 0 bridgehead atoms. The first-order valence-electron chi connectivity index (χ1n) is 7.97. The summed E-state index contributed by atoms with van der Waals surface area (Å²) in [5.74, 6) is 0.102. The highest BCUT2D eigenvalue weighted by atomic mass is 28.4. The van der Waals surface area contributed by atoms with E-state index in [4.69, 9.17) is 13.3 Å². The van der Waals surface area contributed by atoms with Gasteiger partial charge in [-0.05, 0) is 33.2 Å². The Hall–Kier alpha value is -0.803. The Balaban J connectivity index is 4.63. The van der Waals surface area contributed by atoms with Gasteiger partial charge in [0.25, 0.3) is 0 Å². The summed E-state index contributed by atoms with van der Waals surface area (Å²) in [7, 11) is 1.68. The number of carbonyl (C=O) groups is 2. The SMILES string of the molecule is CCNC(C)(CNC(=O)CCCCC(C)=O)[Si](OC)(OC)OC. The van der Waals surface area contributed by atoms with Crippen LogP contribution < -0.4 is 10.6 Å². The Morgan fingerprint density at radius 2 is 1.57 bits per heavy atom. The first-order chi connectivity index (χ1) is 10.8. The molecule has 0 aliphatic heterocycles. The van der Waals surface area contributed by atoms with E-state index in [2.05, 4.69) is 10.6 Å². The van der Waals surface area contributed by atoms with Gasteiger partial charge in [-0.15, -0.1) is 0 Å². The average Bonchev–Trinajstić information content (AvgIpc) is 2.52. The Morgan fingerprint density at radius 1 is 1.04 bits per heavy atom. The fraction of sp³-hybridized carbons (Fsp3) is 0.867. The second kappa shape index (κ2) is 10.9. The van der Waals surface area contributed by atoms with E-state index in [9.17, 15) is 9.59 Å². The summed E-state index contributed by atoms with van der Waals surface area (Å²) in [6.45, 7) is 6.49. The molecule has 0 rings (SSSR count). The van der Waals surface area contributed by atoms with E-state index in [0.29, 0.717) is 32.4 Å². The van der Waals surface area contributed by atoms with E-state index < -0.39 is 14.0 Å². The fourth-order valence-electron chi connectivity index (χ4n) is 2.62. The number of rotatable bonds is 13. The van der Waals surface area contributed by atoms with Crippen molar-refractivity contribution in [2.24, 2.45) is 0 Å². The van der Waals surface area contributed by atoms with Crippen molar-refractivity contribution in [1.82, 2.24) is 10.6 Å². The van der Waals surface area contributed by atoms with Crippen molar-refractivity contribution in [1.29, 1.82) is 0 Å². The number of ketones is 1. The molecule has 1 atom stereocenters. The predicted octanol–water partition coefficient (Wildman–Crippen LogP) is 1.04. The molecule has 0 aromatic carbocycles. The molecule has 0 aromatic rings. The van der Waals surface area contributed by atoms with Gasteiger partial charge in [0.15, 0.2) is 0 Å². The molecule has 136 valence electrons. The summed E-state index contributed by atoms with van der Waals surface area (Å²) in [5, 5.41) is 5.60. The van der Waals surface area contributed by atoms with Gasteiger partial charge in [-0.2, -0.15) is 0 Å². The van der Waals surface area contributed by atoms with Crippen LogP contribution in [-0.4, -0.2) is 60.1 Å². The molecule has 0 aromatic heterocycles. The molecule has 0 fully saturated rings. The molecule has 0 heterocycles. The van der Waals surface area contributed by atoms with Gasteiger partial charge in [0.05, 0.1) is 0 Å². The Kier molecular flexibility index (Phi) is 10.5. The fourth-order valence-corrected chi connectivity index (χ4v) is 5.17. The normalized spacial score (nSPS) is 14.3. The number of hydrogen-bond donors (Lipinski definition) is 2. The van der Waals surface area contributed by atoms with Gasteiger partial charge in [-0.3, -0.25) is 4.79 Å². The summed E-state index contributed by atoms with van der Waals surface area (Å²) in [6.07, 6.45) is 2.36. The molecule has 1 amide bonds. The zero-order valence-corrected chi connectivity index (χ0v) is 16.3. The third kappa shape index (κ3) is 6.68. The standard InChI is InChI=1S/C15H32N2O5Si/c1-7-17-15(3,23(20-4,21-5)22-6)12-16-14(19)11-9-8-10-13(2)18/h17H,7-12H2,1-6H3,(H,16,19). The second-order valence-electron chi connectivity index (χ2n) is 5.72. The number of unbranched alkanes of at least 4 members (excludes halogenated alkanes) is 1. The molecule has 0 saturated heterocycles. The van der Waals surface area contributed by atoms with E-state index >= 15 is 0 Å². The van der Waals surface area contributed by atoms with Crippen molar-refractivity contribution in [3.8, 4) is 0 Å². The maximum atomic E-state index is 12.0. The zero-order valence-electron chi connectivity index (χ0n) is 15.3. The summed E-state index contributed by atoms with van der Waals surface area (Å²) in [5.41, 5.74) is 0. The molecule has 0 saturated carbocycles. The molecule has 0 aliphatic carbocycles. The summed E-state index contributed by atoms with van der Waals surface area (Å²) >= 11 is 0. The highest BCUT2D eigenvalue weighted by Gasteiger charge is 2.56. The molecule has 8 heteroatoms. The topological polar surface area (TPSA) is 85.9 Å². The van der Waals surface area contributed by atoms with Crippen molar-refractivity contribution in [2.45, 2.75) is 51.6 Å². The van der Waals surface area contributed by atoms with Crippen molar-refractivity contribution in [3.05, 3.63) is 0 Å². The van der Waals surface area contributed by atoms with E-state index in [1.54, 1.807) is 28.3 Å². The van der Waals surface area contributed by atoms with Crippen LogP contribution >= 0.6 is 0 Å². The highest BCUT2D eigenvalue weighted by Crippen LogP contribution is 2.22. The lowest BCUT2D eigenvalue weighted by atomic mass is 10.1. The Morgan fingerprint density at radius 3 is 2.00 bits per heavy atom. The van der Waals surface area contributed by atoms with E-state index in [-0.39, 0.29) is 11.7 Å². The van der Waals surface area contributed by atoms with Crippen LogP contribution in [0.3, 0.4) is 0 Å². The monoisotopic (exact) mass is 348 g/mol. The molecule has 2 N–H and O–H groups in total. The largest absolute Gasteiger partial charge is 0.522 e. The van der Waals surface area contributed by atoms with Gasteiger partial charge < -0.3 is 28.7 Å². The molecule has 0 radical (unpaired) electrons. The van der Waals surface area contributed by atoms with Crippen LogP contribution in [0.5, 0.6) is 0 Å². The molecule has 0 spiro atoms. The smallest absolute Gasteiger partial charge is 0.376 e. The molecule has 1 unspecified atom stereocenters. The minimum Gasteiger partial charge on any atom is -0.376 e. The molecule has 0 aliphatic rings. The number of nitrogens with one attached hydrogen (secondary N) is 2. The van der Waals surface area contributed by atoms with Crippen molar-refractivity contribution < 1.29 is 22.9 Å². The Bertz CT molecular complexity index is 369. The van der Waals surface area contributed by atoms with Crippen LogP contribution in [0, 0.1) is 0 Å². The second-order valence-corrected chi connectivity index (χ2v) is 9.16. The van der Waals surface area contributed by atoms with Gasteiger partial charge in [0, 0.05) is 40.7 Å². The molecule has 23 heavy (non-hydrogen) atoms. The van der Waals surface area contributed by atoms with Crippen LogP contribution in [0.2, 0.25) is 0 Å². The number of carbonyl (C=O) groups excluding carboxylic acids is 2. The van der Waals surface area contributed by atoms with Gasteiger partial charge in [-0.1, -0.05) is 6.92 Å². The lowest BCUT2D eigenvalue weighted by Gasteiger charge is -2.41. The van der Waals surface area contributed by atoms with Gasteiger partial charge >= 0.3 is 8.80 Å². The minimum atomic E-state index is -2.98. The van der Waals surface area contributed by atoms with Crippen LogP contribution in [0.25, 0.3) is 0 Å². The lowest BCUT2D eigenvalue weighted by Crippen LogP contribution is -2.72. The molecular formula is C15H32N2O5Si. The zero-order chi connectivity index (χ0) is 17.9. The number of hydrogen-bond acceptors (Lipinski definition) is 6. The minimum absolute atomic E-state index is 0.0520. The number of likely N-dealkylation sites (N-methyl/N-ethyl adjacent to an activating group) is 1. The average molecular weight is 349 g/mol. The Labute approximate surface area is 140 Å². The van der Waals surface area contributed by atoms with Crippen LogP contribution in [0.1, 0.15) is 46.5 Å². The van der Waals surface area contributed by atoms with Crippen LogP contribution in [0.4, 0.5) is 0 Å². The first kappa shape index (κ1) is 22.2. The van der Waals surface area contributed by atoms with E-state index in [1.165, 1.54) is 0 Å². The third-order valence-electron chi connectivity index (χ3n) is 3.87. The van der Waals surface area contributed by atoms with Gasteiger partial charge in [0.1, 0.15) is 10.9 Å². The maximum Gasteiger partial charge on any atom is 0.522 e. The quantitative estimate of drug-likeness (QED) is 0.382. The highest BCUT2D eigenvalue weighted by molar-refractivity contribution is 6.64. The van der Waals surface area contributed by atoms with Crippen LogP contribution in [-0.2, 0) is 22.9 Å².